The number of rotatable bonds is 15. The molecule has 1 aliphatic heterocycles. The molecular formula is C34H38N10O7. The highest BCUT2D eigenvalue weighted by Gasteiger charge is 2.52. The highest BCUT2D eigenvalue weighted by atomic mass is 16.7. The van der Waals surface area contributed by atoms with E-state index in [1.54, 1.807) is 37.4 Å². The second-order valence-electron chi connectivity index (χ2n) is 11.9. The van der Waals surface area contributed by atoms with Gasteiger partial charge in [-0.15, -0.1) is 0 Å². The van der Waals surface area contributed by atoms with Gasteiger partial charge in [-0.1, -0.05) is 94.2 Å². The van der Waals surface area contributed by atoms with Gasteiger partial charge >= 0.3 is 5.97 Å². The number of carbonyl (C=O) groups is 1. The molecule has 4 unspecified atom stereocenters. The molecule has 17 nitrogen and oxygen atoms in total. The summed E-state index contributed by atoms with van der Waals surface area (Å²) >= 11 is 0. The number of aliphatic hydroxyl groups excluding tert-OH is 1. The lowest BCUT2D eigenvalue weighted by Gasteiger charge is -2.48. The van der Waals surface area contributed by atoms with Crippen LogP contribution in [-0.2, 0) is 36.9 Å². The van der Waals surface area contributed by atoms with E-state index in [-0.39, 0.29) is 31.7 Å². The van der Waals surface area contributed by atoms with Gasteiger partial charge in [-0.3, -0.25) is 0 Å². The van der Waals surface area contributed by atoms with Crippen molar-refractivity contribution >= 4 is 5.97 Å². The first-order valence-corrected chi connectivity index (χ1v) is 16.3. The molecule has 0 spiro atoms. The van der Waals surface area contributed by atoms with Gasteiger partial charge in [0.05, 0.1) is 43.6 Å². The van der Waals surface area contributed by atoms with Crippen LogP contribution in [0.3, 0.4) is 0 Å². The molecule has 5 rings (SSSR count). The smallest absolute Gasteiger partial charge is 0.338 e. The summed E-state index contributed by atoms with van der Waals surface area (Å²) in [4.78, 5) is 22.0. The third-order valence-electron chi connectivity index (χ3n) is 8.75. The van der Waals surface area contributed by atoms with Gasteiger partial charge in [0.25, 0.3) is 0 Å². The molecule has 1 saturated heterocycles. The minimum atomic E-state index is -1.54. The van der Waals surface area contributed by atoms with Crippen LogP contribution in [-0.4, -0.2) is 85.7 Å². The lowest BCUT2D eigenvalue weighted by molar-refractivity contribution is -0.300. The number of aliphatic hydroxyl groups is 1. The van der Waals surface area contributed by atoms with E-state index >= 15 is 0 Å². The minimum absolute atomic E-state index is 0.0872. The average Bonchev–Trinajstić information content (AvgIpc) is 3.17. The van der Waals surface area contributed by atoms with Gasteiger partial charge in [0.1, 0.15) is 30.5 Å². The number of nitrogens with one attached hydrogen (secondary N) is 1. The topological polar surface area (TPSA) is 242 Å². The van der Waals surface area contributed by atoms with Crippen molar-refractivity contribution < 1.29 is 33.6 Å². The molecule has 0 bridgehead atoms. The molecule has 2 aliphatic rings. The normalized spacial score (nSPS) is 28.7. The van der Waals surface area contributed by atoms with Crippen LogP contribution in [0, 0.1) is 0 Å². The van der Waals surface area contributed by atoms with Crippen LogP contribution >= 0.6 is 0 Å². The zero-order valence-corrected chi connectivity index (χ0v) is 27.7. The molecule has 1 heterocycles. The van der Waals surface area contributed by atoms with Crippen LogP contribution in [0.2, 0.25) is 0 Å². The molecule has 0 amide bonds. The van der Waals surface area contributed by atoms with Crippen molar-refractivity contribution in [3.63, 3.8) is 0 Å². The number of hydrogen-bond donors (Lipinski definition) is 2. The van der Waals surface area contributed by atoms with E-state index in [2.05, 4.69) is 35.4 Å². The summed E-state index contributed by atoms with van der Waals surface area (Å²) in [6.07, 6.45) is -8.23. The molecule has 0 aromatic heterocycles. The van der Waals surface area contributed by atoms with Crippen LogP contribution in [0.25, 0.3) is 31.3 Å². The fourth-order valence-electron chi connectivity index (χ4n) is 6.26. The monoisotopic (exact) mass is 698 g/mol. The number of nitrogens with zero attached hydrogens (tertiary/aromatic N) is 9. The first-order chi connectivity index (χ1) is 25.0. The van der Waals surface area contributed by atoms with Crippen LogP contribution in [0.15, 0.2) is 106 Å². The van der Waals surface area contributed by atoms with Gasteiger partial charge < -0.3 is 34.1 Å². The summed E-state index contributed by atoms with van der Waals surface area (Å²) in [6.45, 7) is 0.00151. The van der Waals surface area contributed by atoms with Crippen molar-refractivity contribution in [3.8, 4) is 0 Å². The van der Waals surface area contributed by atoms with Crippen LogP contribution in [0.1, 0.15) is 27.9 Å². The summed E-state index contributed by atoms with van der Waals surface area (Å²) in [6, 6.07) is 24.1. The zero-order chi connectivity index (χ0) is 36.0. The maximum absolute atomic E-state index is 13.1. The summed E-state index contributed by atoms with van der Waals surface area (Å²) in [5.41, 5.74) is 30.4. The Morgan fingerprint density at radius 3 is 1.98 bits per heavy atom. The Bertz CT molecular complexity index is 1710. The van der Waals surface area contributed by atoms with E-state index in [4.69, 9.17) is 23.7 Å². The number of benzene rings is 3. The summed E-state index contributed by atoms with van der Waals surface area (Å²) in [5.74, 6) is -0.677. The van der Waals surface area contributed by atoms with Crippen molar-refractivity contribution in [2.45, 2.75) is 80.7 Å². The SMILES string of the molecule is CN[C@@H]1CC(N=[N+]=[N-])[C@@H](O[C@H]2OC(CN=[N+]=[N-])[C@@H](OCc3ccccc3)[C@@H](OCc3ccccc3)C2N=[N+]=[N-])[C@H](O)C1OC(=O)c1ccccc1. The molecule has 10 atom stereocenters. The summed E-state index contributed by atoms with van der Waals surface area (Å²) < 4.78 is 31.3. The number of likely N-dealkylation sites (N-methyl/N-ethyl adjacent to an activating group) is 1. The van der Waals surface area contributed by atoms with Gasteiger partial charge in [0.2, 0.25) is 0 Å². The van der Waals surface area contributed by atoms with Crippen molar-refractivity contribution in [1.82, 2.24) is 5.32 Å². The maximum atomic E-state index is 13.1. The molecular weight excluding hydrogens is 660 g/mol. The Morgan fingerprint density at radius 1 is 0.824 bits per heavy atom. The molecule has 2 fully saturated rings. The number of ether oxygens (including phenoxy) is 5. The Kier molecular flexibility index (Phi) is 13.6. The fraction of sp³-hybridized carbons (Fsp3) is 0.441. The standard InChI is InChI=1S/C34H38N10O7/c1-38-24-17-25(40-43-36)30(28(45)29(24)50-33(46)23-15-9-4-10-16-23)51-34-27(41-44-37)32(48-20-22-13-7-3-8-14-22)31(26(49-34)18-39-42-35)47-19-21-11-5-2-6-12-21/h2-16,24-32,34,38,45H,17-20H2,1H3/t24-,25?,26?,27?,28-,29?,30-,31-,32+,34-/m1/s1. The van der Waals surface area contributed by atoms with Gasteiger partial charge in [-0.05, 0) is 53.3 Å². The first-order valence-electron chi connectivity index (χ1n) is 16.3. The third-order valence-corrected chi connectivity index (χ3v) is 8.75. The predicted molar refractivity (Wildman–Crippen MR) is 183 cm³/mol. The predicted octanol–water partition coefficient (Wildman–Crippen LogP) is 5.51. The average molecular weight is 699 g/mol. The highest BCUT2D eigenvalue weighted by Crippen LogP contribution is 2.35. The molecule has 3 aromatic rings. The van der Waals surface area contributed by atoms with Gasteiger partial charge in [-0.25, -0.2) is 4.79 Å². The van der Waals surface area contributed by atoms with Crippen LogP contribution in [0.5, 0.6) is 0 Å². The Labute approximate surface area is 293 Å². The van der Waals surface area contributed by atoms with Crippen molar-refractivity contribution in [2.75, 3.05) is 13.6 Å². The van der Waals surface area contributed by atoms with E-state index in [0.717, 1.165) is 11.1 Å². The second-order valence-corrected chi connectivity index (χ2v) is 11.9. The molecule has 1 saturated carbocycles. The highest BCUT2D eigenvalue weighted by molar-refractivity contribution is 5.89. The molecule has 51 heavy (non-hydrogen) atoms. The van der Waals surface area contributed by atoms with Crippen LogP contribution < -0.4 is 5.32 Å². The van der Waals surface area contributed by atoms with Gasteiger partial charge in [-0.2, -0.15) is 0 Å². The lowest BCUT2D eigenvalue weighted by atomic mass is 9.83. The van der Waals surface area contributed by atoms with Gasteiger partial charge in [0.15, 0.2) is 6.29 Å². The molecule has 2 N–H and O–H groups in total. The number of azide groups is 3. The van der Waals surface area contributed by atoms with Crippen molar-refractivity contribution in [2.24, 2.45) is 15.3 Å². The fourth-order valence-corrected chi connectivity index (χ4v) is 6.26. The Hall–Kier alpha value is -5.18. The summed E-state index contributed by atoms with van der Waals surface area (Å²) in [7, 11) is 1.63. The van der Waals surface area contributed by atoms with E-state index in [9.17, 15) is 26.5 Å². The Morgan fingerprint density at radius 2 is 1.41 bits per heavy atom. The number of esters is 1. The third kappa shape index (κ3) is 9.54. The van der Waals surface area contributed by atoms with Crippen molar-refractivity contribution in [3.05, 3.63) is 139 Å². The lowest BCUT2D eigenvalue weighted by Crippen LogP contribution is -2.65. The van der Waals surface area contributed by atoms with Gasteiger partial charge in [0, 0.05) is 20.8 Å². The molecule has 0 radical (unpaired) electrons. The van der Waals surface area contributed by atoms with E-state index < -0.39 is 67.0 Å². The van der Waals surface area contributed by atoms with E-state index in [0.29, 0.717) is 0 Å². The zero-order valence-electron chi connectivity index (χ0n) is 27.7. The van der Waals surface area contributed by atoms with Crippen LogP contribution in [0.4, 0.5) is 0 Å². The molecule has 17 heteroatoms. The maximum Gasteiger partial charge on any atom is 0.338 e. The van der Waals surface area contributed by atoms with E-state index in [1.807, 2.05) is 60.7 Å². The van der Waals surface area contributed by atoms with E-state index in [1.165, 1.54) is 0 Å². The van der Waals surface area contributed by atoms with Crippen molar-refractivity contribution in [1.29, 1.82) is 0 Å². The Balaban J connectivity index is 1.48. The second kappa shape index (κ2) is 18.7. The number of hydrogen-bond acceptors (Lipinski definition) is 11. The largest absolute Gasteiger partial charge is 0.454 e. The molecule has 1 aliphatic carbocycles. The number of carbonyl (C=O) groups excluding carboxylic acids is 1. The molecule has 3 aromatic carbocycles. The first kappa shape index (κ1) is 37.1. The molecule has 266 valence electrons. The summed E-state index contributed by atoms with van der Waals surface area (Å²) in [5, 5.41) is 26.4. The quantitative estimate of drug-likeness (QED) is 0.0884. The minimum Gasteiger partial charge on any atom is -0.454 e.